The Bertz CT molecular complexity index is 349. The minimum absolute atomic E-state index is 0.262. The minimum atomic E-state index is 0.262. The highest BCUT2D eigenvalue weighted by molar-refractivity contribution is 5.27. The molecule has 0 saturated heterocycles. The quantitative estimate of drug-likeness (QED) is 0.447. The third-order valence-electron chi connectivity index (χ3n) is 3.31. The maximum Gasteiger partial charge on any atom is -0.0132 e. The summed E-state index contributed by atoms with van der Waals surface area (Å²) in [5.41, 5.74) is 3.13. The molecule has 0 saturated carbocycles. The predicted molar refractivity (Wildman–Crippen MR) is 82.1 cm³/mol. The summed E-state index contributed by atoms with van der Waals surface area (Å²) in [5, 5.41) is 0. The first-order valence-electron chi connectivity index (χ1n) is 7.28. The first kappa shape index (κ1) is 15.0. The molecule has 0 atom stereocenters. The molecule has 0 aliphatic heterocycles. The van der Waals surface area contributed by atoms with Crippen molar-refractivity contribution in [3.63, 3.8) is 0 Å². The molecule has 0 bridgehead atoms. The van der Waals surface area contributed by atoms with Gasteiger partial charge in [-0.1, -0.05) is 77.0 Å². The third kappa shape index (κ3) is 5.53. The van der Waals surface area contributed by atoms with E-state index in [9.17, 15) is 0 Å². The summed E-state index contributed by atoms with van der Waals surface area (Å²) in [4.78, 5) is 0. The maximum atomic E-state index is 2.33. The van der Waals surface area contributed by atoms with Crippen LogP contribution in [0.4, 0.5) is 0 Å². The van der Waals surface area contributed by atoms with E-state index in [0.717, 1.165) is 6.42 Å². The summed E-state index contributed by atoms with van der Waals surface area (Å²) < 4.78 is 0. The van der Waals surface area contributed by atoms with Gasteiger partial charge in [0.15, 0.2) is 0 Å². The molecular formula is C18H28. The van der Waals surface area contributed by atoms with Crippen LogP contribution < -0.4 is 0 Å². The lowest BCUT2D eigenvalue weighted by atomic mass is 9.86. The molecule has 0 radical (unpaired) electrons. The molecule has 0 unspecified atom stereocenters. The second-order valence-corrected chi connectivity index (χ2v) is 6.10. The monoisotopic (exact) mass is 244 g/mol. The molecule has 18 heavy (non-hydrogen) atoms. The van der Waals surface area contributed by atoms with E-state index in [4.69, 9.17) is 0 Å². The zero-order valence-corrected chi connectivity index (χ0v) is 12.5. The van der Waals surface area contributed by atoms with Crippen molar-refractivity contribution in [2.24, 2.45) is 0 Å². The SMILES string of the molecule is CCCCC=CCCc1ccc(C(C)(C)C)cc1. The van der Waals surface area contributed by atoms with Gasteiger partial charge in [-0.15, -0.1) is 0 Å². The van der Waals surface area contributed by atoms with Crippen LogP contribution in [0.2, 0.25) is 0 Å². The number of benzene rings is 1. The van der Waals surface area contributed by atoms with E-state index >= 15 is 0 Å². The molecule has 0 amide bonds. The van der Waals surface area contributed by atoms with Crippen molar-refractivity contribution in [3.8, 4) is 0 Å². The van der Waals surface area contributed by atoms with Gasteiger partial charge in [0.1, 0.15) is 0 Å². The molecule has 0 nitrogen and oxygen atoms in total. The lowest BCUT2D eigenvalue weighted by Gasteiger charge is -2.19. The number of unbranched alkanes of at least 4 members (excludes halogenated alkanes) is 2. The van der Waals surface area contributed by atoms with Crippen molar-refractivity contribution in [1.82, 2.24) is 0 Å². The molecule has 0 N–H and O–H groups in total. The molecule has 0 heteroatoms. The summed E-state index contributed by atoms with van der Waals surface area (Å²) >= 11 is 0. The highest BCUT2D eigenvalue weighted by Crippen LogP contribution is 2.22. The Balaban J connectivity index is 2.38. The van der Waals surface area contributed by atoms with Crippen LogP contribution in [0, 0.1) is 0 Å². The molecule has 100 valence electrons. The Morgan fingerprint density at radius 2 is 1.56 bits per heavy atom. The summed E-state index contributed by atoms with van der Waals surface area (Å²) in [6.07, 6.45) is 10.8. The average Bonchev–Trinajstić information content (AvgIpc) is 2.33. The van der Waals surface area contributed by atoms with Gasteiger partial charge in [-0.25, -0.2) is 0 Å². The number of hydrogen-bond donors (Lipinski definition) is 0. The highest BCUT2D eigenvalue weighted by Gasteiger charge is 2.12. The Hall–Kier alpha value is -1.04. The normalized spacial score (nSPS) is 12.2. The van der Waals surface area contributed by atoms with E-state index in [1.165, 1.54) is 36.8 Å². The smallest absolute Gasteiger partial charge is 0.0132 e. The topological polar surface area (TPSA) is 0 Å². The van der Waals surface area contributed by atoms with E-state index in [2.05, 4.69) is 64.1 Å². The van der Waals surface area contributed by atoms with Gasteiger partial charge in [-0.05, 0) is 35.8 Å². The fourth-order valence-electron chi connectivity index (χ4n) is 1.98. The van der Waals surface area contributed by atoms with Crippen LogP contribution >= 0.6 is 0 Å². The molecule has 0 heterocycles. The molecule has 1 rings (SSSR count). The summed E-state index contributed by atoms with van der Waals surface area (Å²) in [6, 6.07) is 9.10. The van der Waals surface area contributed by atoms with Crippen molar-refractivity contribution in [2.45, 2.75) is 65.2 Å². The van der Waals surface area contributed by atoms with Gasteiger partial charge in [0.25, 0.3) is 0 Å². The van der Waals surface area contributed by atoms with Gasteiger partial charge in [0, 0.05) is 0 Å². The fraction of sp³-hybridized carbons (Fsp3) is 0.556. The summed E-state index contributed by atoms with van der Waals surface area (Å²) in [7, 11) is 0. The predicted octanol–water partition coefficient (Wildman–Crippen LogP) is 5.66. The molecule has 0 fully saturated rings. The van der Waals surface area contributed by atoms with Gasteiger partial charge in [0.2, 0.25) is 0 Å². The highest BCUT2D eigenvalue weighted by atomic mass is 14.2. The lowest BCUT2D eigenvalue weighted by molar-refractivity contribution is 0.590. The van der Waals surface area contributed by atoms with Crippen LogP contribution in [0.5, 0.6) is 0 Å². The standard InChI is InChI=1S/C18H28/c1-5-6-7-8-9-10-11-16-12-14-17(15-13-16)18(2,3)4/h8-9,12-15H,5-7,10-11H2,1-4H3. The molecule has 1 aromatic carbocycles. The second kappa shape index (κ2) is 7.41. The average molecular weight is 244 g/mol. The number of rotatable bonds is 6. The Morgan fingerprint density at radius 1 is 0.944 bits per heavy atom. The number of hydrogen-bond acceptors (Lipinski definition) is 0. The zero-order valence-electron chi connectivity index (χ0n) is 12.5. The van der Waals surface area contributed by atoms with E-state index < -0.39 is 0 Å². The number of allylic oxidation sites excluding steroid dienone is 2. The van der Waals surface area contributed by atoms with Crippen molar-refractivity contribution >= 4 is 0 Å². The van der Waals surface area contributed by atoms with E-state index in [1.54, 1.807) is 0 Å². The van der Waals surface area contributed by atoms with E-state index in [1.807, 2.05) is 0 Å². The van der Waals surface area contributed by atoms with Gasteiger partial charge < -0.3 is 0 Å². The van der Waals surface area contributed by atoms with Gasteiger partial charge in [-0.3, -0.25) is 0 Å². The van der Waals surface area contributed by atoms with Gasteiger partial charge in [-0.2, -0.15) is 0 Å². The Kier molecular flexibility index (Phi) is 6.18. The van der Waals surface area contributed by atoms with Crippen molar-refractivity contribution < 1.29 is 0 Å². The van der Waals surface area contributed by atoms with Gasteiger partial charge in [0.05, 0.1) is 0 Å². The Labute approximate surface area is 113 Å². The van der Waals surface area contributed by atoms with Crippen LogP contribution in [-0.2, 0) is 11.8 Å². The van der Waals surface area contributed by atoms with Crippen molar-refractivity contribution in [2.75, 3.05) is 0 Å². The molecule has 0 aliphatic carbocycles. The Morgan fingerprint density at radius 3 is 2.11 bits per heavy atom. The summed E-state index contributed by atoms with van der Waals surface area (Å²) in [5.74, 6) is 0. The van der Waals surface area contributed by atoms with Crippen LogP contribution in [0.1, 0.15) is 64.5 Å². The maximum absolute atomic E-state index is 2.33. The number of aryl methyl sites for hydroxylation is 1. The van der Waals surface area contributed by atoms with E-state index in [-0.39, 0.29) is 5.41 Å². The zero-order chi connectivity index (χ0) is 13.4. The molecule has 0 spiro atoms. The van der Waals surface area contributed by atoms with E-state index in [0.29, 0.717) is 0 Å². The molecule has 1 aromatic rings. The molecule has 0 aromatic heterocycles. The summed E-state index contributed by atoms with van der Waals surface area (Å²) in [6.45, 7) is 9.03. The van der Waals surface area contributed by atoms with Crippen LogP contribution in [0.3, 0.4) is 0 Å². The first-order valence-corrected chi connectivity index (χ1v) is 7.28. The lowest BCUT2D eigenvalue weighted by Crippen LogP contribution is -2.10. The largest absolute Gasteiger partial charge is 0.0885 e. The fourth-order valence-corrected chi connectivity index (χ4v) is 1.98. The van der Waals surface area contributed by atoms with Crippen LogP contribution in [0.15, 0.2) is 36.4 Å². The van der Waals surface area contributed by atoms with Crippen molar-refractivity contribution in [1.29, 1.82) is 0 Å². The second-order valence-electron chi connectivity index (χ2n) is 6.10. The molecular weight excluding hydrogens is 216 g/mol. The molecule has 0 aliphatic rings. The van der Waals surface area contributed by atoms with Crippen LogP contribution in [0.25, 0.3) is 0 Å². The van der Waals surface area contributed by atoms with Gasteiger partial charge >= 0.3 is 0 Å². The minimum Gasteiger partial charge on any atom is -0.0885 e. The van der Waals surface area contributed by atoms with Crippen LogP contribution in [-0.4, -0.2) is 0 Å². The third-order valence-corrected chi connectivity index (χ3v) is 3.31. The first-order chi connectivity index (χ1) is 8.54. The van der Waals surface area contributed by atoms with Crippen molar-refractivity contribution in [3.05, 3.63) is 47.5 Å².